The first-order valence-corrected chi connectivity index (χ1v) is 6.01. The van der Waals surface area contributed by atoms with E-state index in [0.717, 1.165) is 0 Å². The van der Waals surface area contributed by atoms with Gasteiger partial charge in [0.05, 0.1) is 5.56 Å². The van der Waals surface area contributed by atoms with Crippen LogP contribution in [0.25, 0.3) is 0 Å². The van der Waals surface area contributed by atoms with Crippen molar-refractivity contribution >= 4 is 15.9 Å². The molecule has 0 saturated heterocycles. The van der Waals surface area contributed by atoms with Crippen LogP contribution in [0.1, 0.15) is 28.8 Å². The molecule has 0 saturated carbocycles. The Morgan fingerprint density at radius 2 is 1.75 bits per heavy atom. The molecule has 0 aromatic carbocycles. The third-order valence-electron chi connectivity index (χ3n) is 3.18. The van der Waals surface area contributed by atoms with Crippen molar-refractivity contribution in [1.82, 2.24) is 4.98 Å². The molecule has 0 unspecified atom stereocenters. The van der Waals surface area contributed by atoms with Crippen LogP contribution < -0.4 is 0 Å². The summed E-state index contributed by atoms with van der Waals surface area (Å²) >= 11 is 2.92. The Kier molecular flexibility index (Phi) is 3.12. The van der Waals surface area contributed by atoms with Crippen molar-refractivity contribution in [2.45, 2.75) is 18.5 Å². The summed E-state index contributed by atoms with van der Waals surface area (Å²) in [6.07, 6.45) is -0.444. The lowest BCUT2D eigenvalue weighted by Gasteiger charge is -2.12. The molecule has 1 aliphatic carbocycles. The Morgan fingerprint density at radius 3 is 2.20 bits per heavy atom. The van der Waals surface area contributed by atoms with Gasteiger partial charge in [-0.05, 0) is 22.4 Å². The number of nitrogens with zero attached hydrogens (tertiary/aromatic N) is 5. The highest BCUT2D eigenvalue weighted by atomic mass is 79.9. The van der Waals surface area contributed by atoms with Crippen molar-refractivity contribution in [2.24, 2.45) is 0 Å². The molecule has 0 N–H and O–H groups in total. The molecule has 1 aliphatic rings. The van der Waals surface area contributed by atoms with Gasteiger partial charge in [0.2, 0.25) is 5.69 Å². The molecule has 20 heavy (non-hydrogen) atoms. The van der Waals surface area contributed by atoms with Gasteiger partial charge in [-0.25, -0.2) is 4.98 Å². The summed E-state index contributed by atoms with van der Waals surface area (Å²) in [6.45, 7) is 0. The second-order valence-electron chi connectivity index (χ2n) is 4.03. The molecule has 0 bridgehead atoms. The lowest BCUT2D eigenvalue weighted by Crippen LogP contribution is -2.42. The van der Waals surface area contributed by atoms with Gasteiger partial charge in [-0.3, -0.25) is 20.2 Å². The third-order valence-corrected chi connectivity index (χ3v) is 3.76. The predicted octanol–water partition coefficient (Wildman–Crippen LogP) is 1.24. The molecule has 0 spiro atoms. The zero-order valence-corrected chi connectivity index (χ0v) is 11.2. The number of nitriles is 2. The number of pyridine rings is 1. The molecular formula is C10H4BrN5O4. The van der Waals surface area contributed by atoms with E-state index in [0.29, 0.717) is 0 Å². The summed E-state index contributed by atoms with van der Waals surface area (Å²) in [5, 5.41) is 40.4. The number of fused-ring (bicyclic) bond motifs is 1. The summed E-state index contributed by atoms with van der Waals surface area (Å²) in [7, 11) is 0. The third kappa shape index (κ3) is 1.55. The molecule has 0 radical (unpaired) electrons. The van der Waals surface area contributed by atoms with E-state index in [2.05, 4.69) is 20.9 Å². The number of nitro groups is 2. The Bertz CT molecular complexity index is 719. The van der Waals surface area contributed by atoms with Gasteiger partial charge in [0.15, 0.2) is 0 Å². The van der Waals surface area contributed by atoms with Gasteiger partial charge < -0.3 is 0 Å². The normalized spacial score (nSPS) is 14.9. The van der Waals surface area contributed by atoms with E-state index >= 15 is 0 Å². The molecule has 9 nitrogen and oxygen atoms in total. The second kappa shape index (κ2) is 4.51. The minimum absolute atomic E-state index is 0.0465. The quantitative estimate of drug-likeness (QED) is 0.341. The van der Waals surface area contributed by atoms with E-state index in [1.54, 1.807) is 12.1 Å². The maximum absolute atomic E-state index is 11.2. The predicted molar refractivity (Wildman–Crippen MR) is 65.4 cm³/mol. The van der Waals surface area contributed by atoms with Crippen LogP contribution >= 0.6 is 15.9 Å². The molecule has 1 heterocycles. The van der Waals surface area contributed by atoms with Crippen LogP contribution in [0, 0.1) is 42.9 Å². The van der Waals surface area contributed by atoms with E-state index in [4.69, 9.17) is 10.5 Å². The average Bonchev–Trinajstić information content (AvgIpc) is 2.76. The maximum Gasteiger partial charge on any atom is 0.501 e. The smallest absolute Gasteiger partial charge is 0.258 e. The minimum Gasteiger partial charge on any atom is -0.258 e. The van der Waals surface area contributed by atoms with Crippen molar-refractivity contribution in [3.05, 3.63) is 47.2 Å². The number of aromatic nitrogens is 1. The fourth-order valence-electron chi connectivity index (χ4n) is 2.23. The van der Waals surface area contributed by atoms with Gasteiger partial charge in [-0.15, -0.1) is 0 Å². The van der Waals surface area contributed by atoms with E-state index < -0.39 is 21.9 Å². The molecule has 0 fully saturated rings. The van der Waals surface area contributed by atoms with Crippen LogP contribution in [-0.4, -0.2) is 14.8 Å². The van der Waals surface area contributed by atoms with Gasteiger partial charge >= 0.3 is 5.66 Å². The Morgan fingerprint density at radius 1 is 1.20 bits per heavy atom. The van der Waals surface area contributed by atoms with Gasteiger partial charge in [-0.1, -0.05) is 0 Å². The standard InChI is InChI=1S/C10H4BrN5O4/c11-9-7(4-13)6(3-12)5-1-2-10(15(17)18,16(19)20)8(5)14-9/h1-2H2. The van der Waals surface area contributed by atoms with Crippen LogP contribution in [0.3, 0.4) is 0 Å². The van der Waals surface area contributed by atoms with Gasteiger partial charge in [0, 0.05) is 5.56 Å². The summed E-state index contributed by atoms with van der Waals surface area (Å²) in [5.74, 6) is 0. The first-order chi connectivity index (χ1) is 9.40. The Balaban J connectivity index is 2.88. The fraction of sp³-hybridized carbons (Fsp3) is 0.300. The van der Waals surface area contributed by atoms with Crippen LogP contribution in [0.5, 0.6) is 0 Å². The molecule has 10 heteroatoms. The minimum atomic E-state index is -2.56. The van der Waals surface area contributed by atoms with Crippen molar-refractivity contribution < 1.29 is 9.85 Å². The number of rotatable bonds is 2. The summed E-state index contributed by atoms with van der Waals surface area (Å²) in [6, 6.07) is 3.52. The summed E-state index contributed by atoms with van der Waals surface area (Å²) in [5.41, 5.74) is -3.02. The number of hydrogen-bond acceptors (Lipinski definition) is 7. The van der Waals surface area contributed by atoms with Crippen LogP contribution in [0.2, 0.25) is 0 Å². The van der Waals surface area contributed by atoms with E-state index in [1.165, 1.54) is 0 Å². The fourth-order valence-corrected chi connectivity index (χ4v) is 2.70. The highest BCUT2D eigenvalue weighted by Crippen LogP contribution is 2.42. The molecule has 100 valence electrons. The first kappa shape index (κ1) is 13.8. The Labute approximate surface area is 119 Å². The van der Waals surface area contributed by atoms with E-state index in [9.17, 15) is 20.2 Å². The van der Waals surface area contributed by atoms with Crippen LogP contribution in [0.4, 0.5) is 0 Å². The van der Waals surface area contributed by atoms with Crippen molar-refractivity contribution in [2.75, 3.05) is 0 Å². The van der Waals surface area contributed by atoms with Crippen LogP contribution in [0.15, 0.2) is 4.60 Å². The average molecular weight is 338 g/mol. The van der Waals surface area contributed by atoms with Crippen molar-refractivity contribution in [1.29, 1.82) is 10.5 Å². The first-order valence-electron chi connectivity index (χ1n) is 5.22. The molecule has 1 aromatic heterocycles. The zero-order valence-electron chi connectivity index (χ0n) is 9.66. The topological polar surface area (TPSA) is 147 Å². The lowest BCUT2D eigenvalue weighted by atomic mass is 10.0. The summed E-state index contributed by atoms with van der Waals surface area (Å²) < 4.78 is -0.106. The molecule has 2 rings (SSSR count). The largest absolute Gasteiger partial charge is 0.501 e. The highest BCUT2D eigenvalue weighted by Gasteiger charge is 2.64. The Hall–Kier alpha value is -2.59. The molecule has 0 amide bonds. The van der Waals surface area contributed by atoms with Gasteiger partial charge in [0.25, 0.3) is 0 Å². The molecule has 1 aromatic rings. The lowest BCUT2D eigenvalue weighted by molar-refractivity contribution is -0.810. The monoisotopic (exact) mass is 337 g/mol. The second-order valence-corrected chi connectivity index (χ2v) is 4.79. The number of hydrogen-bond donors (Lipinski definition) is 0. The molecular weight excluding hydrogens is 334 g/mol. The van der Waals surface area contributed by atoms with E-state index in [-0.39, 0.29) is 33.4 Å². The van der Waals surface area contributed by atoms with Gasteiger partial charge in [-0.2, -0.15) is 10.5 Å². The van der Waals surface area contributed by atoms with Crippen LogP contribution in [-0.2, 0) is 12.1 Å². The molecule has 0 aliphatic heterocycles. The number of halogens is 1. The SMILES string of the molecule is N#Cc1c(Br)nc2c(c1C#N)CCC2([N+](=O)[O-])[N+](=O)[O-]. The summed E-state index contributed by atoms with van der Waals surface area (Å²) in [4.78, 5) is 24.1. The van der Waals surface area contributed by atoms with E-state index in [1.807, 2.05) is 0 Å². The van der Waals surface area contributed by atoms with Crippen molar-refractivity contribution in [3.63, 3.8) is 0 Å². The zero-order chi connectivity index (χ0) is 15.1. The van der Waals surface area contributed by atoms with Crippen molar-refractivity contribution in [3.8, 4) is 12.1 Å². The molecule has 0 atom stereocenters. The highest BCUT2D eigenvalue weighted by molar-refractivity contribution is 9.10. The maximum atomic E-state index is 11.2. The van der Waals surface area contributed by atoms with Gasteiger partial charge in [0.1, 0.15) is 38.6 Å².